The maximum Gasteiger partial charge on any atom is 0.243 e. The highest BCUT2D eigenvalue weighted by Gasteiger charge is 2.36. The van der Waals surface area contributed by atoms with Gasteiger partial charge in [-0.15, -0.1) is 0 Å². The fourth-order valence-corrected chi connectivity index (χ4v) is 5.78. The van der Waals surface area contributed by atoms with Crippen LogP contribution in [0, 0.1) is 17.6 Å². The molecule has 0 spiro atoms. The summed E-state index contributed by atoms with van der Waals surface area (Å²) in [7, 11) is -3.78. The minimum absolute atomic E-state index is 0.0282. The van der Waals surface area contributed by atoms with Gasteiger partial charge in [0.15, 0.2) is 0 Å². The van der Waals surface area contributed by atoms with Crippen molar-refractivity contribution in [2.45, 2.75) is 17.7 Å². The zero-order valence-corrected chi connectivity index (χ0v) is 17.9. The molecule has 0 radical (unpaired) electrons. The summed E-state index contributed by atoms with van der Waals surface area (Å²) in [6.07, 6.45) is 1.22. The Bertz CT molecular complexity index is 1040. The number of piperidine rings is 1. The van der Waals surface area contributed by atoms with E-state index in [1.807, 2.05) is 4.90 Å². The zero-order valence-electron chi connectivity index (χ0n) is 17.1. The molecular weight excluding hydrogens is 424 g/mol. The lowest BCUT2D eigenvalue weighted by molar-refractivity contribution is -0.137. The molecule has 0 N–H and O–H groups in total. The molecule has 1 amide bonds. The molecule has 2 fully saturated rings. The molecule has 0 bridgehead atoms. The van der Waals surface area contributed by atoms with Crippen molar-refractivity contribution in [2.24, 2.45) is 5.92 Å². The third kappa shape index (κ3) is 4.57. The number of sulfonamides is 1. The lowest BCUT2D eigenvalue weighted by atomic mass is 9.97. The molecule has 2 saturated heterocycles. The van der Waals surface area contributed by atoms with E-state index in [1.54, 1.807) is 23.1 Å². The van der Waals surface area contributed by atoms with Gasteiger partial charge in [-0.3, -0.25) is 4.79 Å². The quantitative estimate of drug-likeness (QED) is 0.720. The molecule has 166 valence electrons. The van der Waals surface area contributed by atoms with Gasteiger partial charge in [-0.1, -0.05) is 12.1 Å². The minimum Gasteiger partial charge on any atom is -0.366 e. The fourth-order valence-electron chi connectivity index (χ4n) is 4.25. The molecule has 2 heterocycles. The molecule has 6 nitrogen and oxygen atoms in total. The number of piperazine rings is 1. The van der Waals surface area contributed by atoms with Crippen LogP contribution in [0.15, 0.2) is 53.4 Å². The molecule has 2 aromatic rings. The van der Waals surface area contributed by atoms with Crippen molar-refractivity contribution in [3.8, 4) is 0 Å². The molecule has 4 rings (SSSR count). The highest BCUT2D eigenvalue weighted by Crippen LogP contribution is 2.26. The number of hydrogen-bond acceptors (Lipinski definition) is 4. The Labute approximate surface area is 181 Å². The normalized spacial score (nSPS) is 20.6. The van der Waals surface area contributed by atoms with Crippen LogP contribution in [0.25, 0.3) is 0 Å². The van der Waals surface area contributed by atoms with E-state index in [4.69, 9.17) is 0 Å². The Morgan fingerprint density at radius 3 is 2.26 bits per heavy atom. The first kappa shape index (κ1) is 21.7. The SMILES string of the molecule is O=C([C@@H]1CCCN(S(=O)(=O)c2ccc(F)cc2)C1)N1CCN(c2ccccc2F)CC1. The minimum atomic E-state index is -3.78. The van der Waals surface area contributed by atoms with Crippen LogP contribution in [-0.4, -0.2) is 62.8 Å². The molecule has 0 saturated carbocycles. The summed E-state index contributed by atoms with van der Waals surface area (Å²) in [4.78, 5) is 16.8. The number of amides is 1. The molecular formula is C22H25F2N3O3S. The second-order valence-corrected chi connectivity index (χ2v) is 9.86. The van der Waals surface area contributed by atoms with Gasteiger partial charge in [0.2, 0.25) is 15.9 Å². The number of halogens is 2. The van der Waals surface area contributed by atoms with Crippen LogP contribution >= 0.6 is 0 Å². The van der Waals surface area contributed by atoms with Crippen LogP contribution in [-0.2, 0) is 14.8 Å². The highest BCUT2D eigenvalue weighted by molar-refractivity contribution is 7.89. The average Bonchev–Trinajstić information content (AvgIpc) is 2.79. The third-order valence-corrected chi connectivity index (χ3v) is 7.85. The van der Waals surface area contributed by atoms with Crippen molar-refractivity contribution in [1.29, 1.82) is 0 Å². The molecule has 31 heavy (non-hydrogen) atoms. The van der Waals surface area contributed by atoms with E-state index in [-0.39, 0.29) is 23.2 Å². The highest BCUT2D eigenvalue weighted by atomic mass is 32.2. The standard InChI is InChI=1S/C22H25F2N3O3S/c23-18-7-9-19(10-8-18)31(29,30)27-11-3-4-17(16-27)22(28)26-14-12-25(13-15-26)21-6-2-1-5-20(21)24/h1-2,5-10,17H,3-4,11-16H2/t17-/m1/s1. The molecule has 0 aliphatic carbocycles. The van der Waals surface area contributed by atoms with Crippen LogP contribution in [0.1, 0.15) is 12.8 Å². The average molecular weight is 450 g/mol. The first-order valence-corrected chi connectivity index (χ1v) is 11.8. The van der Waals surface area contributed by atoms with Crippen LogP contribution in [0.4, 0.5) is 14.5 Å². The number of hydrogen-bond donors (Lipinski definition) is 0. The van der Waals surface area contributed by atoms with Gasteiger partial charge in [-0.25, -0.2) is 17.2 Å². The number of para-hydroxylation sites is 1. The number of benzene rings is 2. The Morgan fingerprint density at radius 1 is 0.903 bits per heavy atom. The Morgan fingerprint density at radius 2 is 1.58 bits per heavy atom. The molecule has 9 heteroatoms. The van der Waals surface area contributed by atoms with Crippen molar-refractivity contribution in [3.63, 3.8) is 0 Å². The van der Waals surface area contributed by atoms with Crippen LogP contribution in [0.3, 0.4) is 0 Å². The molecule has 2 aromatic carbocycles. The predicted octanol–water partition coefficient (Wildman–Crippen LogP) is 2.71. The monoisotopic (exact) mass is 449 g/mol. The van der Waals surface area contributed by atoms with Crippen LogP contribution < -0.4 is 4.90 Å². The van der Waals surface area contributed by atoms with Gasteiger partial charge >= 0.3 is 0 Å². The second kappa shape index (κ2) is 8.92. The van der Waals surface area contributed by atoms with Crippen molar-refractivity contribution >= 4 is 21.6 Å². The topological polar surface area (TPSA) is 60.9 Å². The van der Waals surface area contributed by atoms with Crippen LogP contribution in [0.2, 0.25) is 0 Å². The van der Waals surface area contributed by atoms with E-state index >= 15 is 0 Å². The summed E-state index contributed by atoms with van der Waals surface area (Å²) in [6, 6.07) is 11.3. The van der Waals surface area contributed by atoms with Gasteiger partial charge < -0.3 is 9.80 Å². The van der Waals surface area contributed by atoms with E-state index < -0.39 is 21.8 Å². The number of rotatable bonds is 4. The molecule has 0 unspecified atom stereocenters. The molecule has 2 aliphatic heterocycles. The Hall–Kier alpha value is -2.52. The predicted molar refractivity (Wildman–Crippen MR) is 113 cm³/mol. The maximum absolute atomic E-state index is 14.0. The van der Waals surface area contributed by atoms with Gasteiger partial charge in [0.1, 0.15) is 11.6 Å². The Balaban J connectivity index is 1.39. The maximum atomic E-state index is 14.0. The van der Waals surface area contributed by atoms with Crippen LogP contribution in [0.5, 0.6) is 0 Å². The molecule has 1 atom stereocenters. The lowest BCUT2D eigenvalue weighted by Gasteiger charge is -2.39. The van der Waals surface area contributed by atoms with E-state index in [2.05, 4.69) is 0 Å². The number of carbonyl (C=O) groups is 1. The van der Waals surface area contributed by atoms with Crippen molar-refractivity contribution < 1.29 is 22.0 Å². The molecule has 2 aliphatic rings. The van der Waals surface area contributed by atoms with Crippen molar-refractivity contribution in [1.82, 2.24) is 9.21 Å². The smallest absolute Gasteiger partial charge is 0.243 e. The first-order chi connectivity index (χ1) is 14.9. The fraction of sp³-hybridized carbons (Fsp3) is 0.409. The van der Waals surface area contributed by atoms with Gasteiger partial charge in [-0.2, -0.15) is 4.31 Å². The number of carbonyl (C=O) groups excluding carboxylic acids is 1. The zero-order chi connectivity index (χ0) is 22.0. The molecule has 0 aromatic heterocycles. The van der Waals surface area contributed by atoms with E-state index in [9.17, 15) is 22.0 Å². The lowest BCUT2D eigenvalue weighted by Crippen LogP contribution is -2.53. The van der Waals surface area contributed by atoms with E-state index in [0.717, 1.165) is 12.1 Å². The van der Waals surface area contributed by atoms with E-state index in [1.165, 1.54) is 22.5 Å². The number of nitrogens with zero attached hydrogens (tertiary/aromatic N) is 3. The van der Waals surface area contributed by atoms with Gasteiger partial charge in [-0.05, 0) is 49.2 Å². The van der Waals surface area contributed by atoms with Crippen molar-refractivity contribution in [2.75, 3.05) is 44.2 Å². The van der Waals surface area contributed by atoms with Crippen molar-refractivity contribution in [3.05, 3.63) is 60.2 Å². The second-order valence-electron chi connectivity index (χ2n) is 7.92. The summed E-state index contributed by atoms with van der Waals surface area (Å²) in [5, 5.41) is 0. The number of anilines is 1. The van der Waals surface area contributed by atoms with Gasteiger partial charge in [0.05, 0.1) is 16.5 Å². The van der Waals surface area contributed by atoms with E-state index in [0.29, 0.717) is 51.3 Å². The summed E-state index contributed by atoms with van der Waals surface area (Å²) in [6.45, 7) is 2.44. The Kier molecular flexibility index (Phi) is 6.24. The first-order valence-electron chi connectivity index (χ1n) is 10.4. The third-order valence-electron chi connectivity index (χ3n) is 5.97. The summed E-state index contributed by atoms with van der Waals surface area (Å²) >= 11 is 0. The van der Waals surface area contributed by atoms with Gasteiger partial charge in [0, 0.05) is 39.3 Å². The summed E-state index contributed by atoms with van der Waals surface area (Å²) < 4.78 is 54.3. The summed E-state index contributed by atoms with van der Waals surface area (Å²) in [5.74, 6) is -1.26. The van der Waals surface area contributed by atoms with Gasteiger partial charge in [0.25, 0.3) is 0 Å². The largest absolute Gasteiger partial charge is 0.366 e. The summed E-state index contributed by atoms with van der Waals surface area (Å²) in [5.41, 5.74) is 0.531.